The van der Waals surface area contributed by atoms with Crippen molar-refractivity contribution in [3.05, 3.63) is 64.2 Å². The minimum Gasteiger partial charge on any atom is -0.507 e. The van der Waals surface area contributed by atoms with E-state index in [4.69, 9.17) is 4.74 Å². The van der Waals surface area contributed by atoms with Crippen molar-refractivity contribution in [3.8, 4) is 17.6 Å². The van der Waals surface area contributed by atoms with Gasteiger partial charge in [-0.2, -0.15) is 5.26 Å². The summed E-state index contributed by atoms with van der Waals surface area (Å²) in [5, 5.41) is 19.1. The molecule has 116 valence electrons. The van der Waals surface area contributed by atoms with Crippen LogP contribution in [0.4, 0.5) is 0 Å². The number of carbonyl (C=O) groups excluding carboxylic acids is 1. The minimum absolute atomic E-state index is 0.0303. The third-order valence-electron chi connectivity index (χ3n) is 3.52. The van der Waals surface area contributed by atoms with Crippen LogP contribution in [0, 0.1) is 25.2 Å². The number of Topliss-reactive ketones (excluding diaryl/α,β-unsaturated/α-hetero) is 1. The Morgan fingerprint density at radius 1 is 1.22 bits per heavy atom. The Hall–Kier alpha value is -3.06. The Morgan fingerprint density at radius 3 is 2.43 bits per heavy atom. The molecule has 0 bridgehead atoms. The summed E-state index contributed by atoms with van der Waals surface area (Å²) in [6.45, 7) is 3.55. The van der Waals surface area contributed by atoms with Crippen LogP contribution >= 0.6 is 0 Å². The third kappa shape index (κ3) is 3.58. The predicted molar refractivity (Wildman–Crippen MR) is 88.5 cm³/mol. The standard InChI is InChI=1S/C19H17NO3/c1-12-7-14(8-13(2)18(12)21)9-16(11-20)19(22)15-5-4-6-17(10-15)23-3/h4-10,21H,1-3H3/b16-9+. The summed E-state index contributed by atoms with van der Waals surface area (Å²) >= 11 is 0. The van der Waals surface area contributed by atoms with Crippen molar-refractivity contribution in [1.29, 1.82) is 5.26 Å². The van der Waals surface area contributed by atoms with Gasteiger partial charge in [0.1, 0.15) is 23.1 Å². The lowest BCUT2D eigenvalue weighted by atomic mass is 9.99. The molecule has 0 fully saturated rings. The first kappa shape index (κ1) is 16.3. The smallest absolute Gasteiger partial charge is 0.203 e. The third-order valence-corrected chi connectivity index (χ3v) is 3.52. The average Bonchev–Trinajstić information content (AvgIpc) is 2.56. The van der Waals surface area contributed by atoms with Gasteiger partial charge in [-0.1, -0.05) is 12.1 Å². The van der Waals surface area contributed by atoms with Gasteiger partial charge in [-0.3, -0.25) is 4.79 Å². The summed E-state index contributed by atoms with van der Waals surface area (Å²) in [6.07, 6.45) is 1.53. The van der Waals surface area contributed by atoms with Gasteiger partial charge < -0.3 is 9.84 Å². The SMILES string of the molecule is COc1cccc(C(=O)/C(C#N)=C/c2cc(C)c(O)c(C)c2)c1. The van der Waals surface area contributed by atoms with Gasteiger partial charge in [-0.05, 0) is 60.9 Å². The molecule has 0 aliphatic rings. The lowest BCUT2D eigenvalue weighted by Crippen LogP contribution is -2.02. The number of allylic oxidation sites excluding steroid dienone is 1. The normalized spacial score (nSPS) is 11.0. The zero-order valence-electron chi connectivity index (χ0n) is 13.3. The molecule has 4 nitrogen and oxygen atoms in total. The molecule has 0 atom stereocenters. The van der Waals surface area contributed by atoms with Crippen molar-refractivity contribution in [2.24, 2.45) is 0 Å². The number of hydrogen-bond acceptors (Lipinski definition) is 4. The van der Waals surface area contributed by atoms with Crippen molar-refractivity contribution in [2.75, 3.05) is 7.11 Å². The maximum absolute atomic E-state index is 12.5. The molecule has 4 heteroatoms. The monoisotopic (exact) mass is 307 g/mol. The Balaban J connectivity index is 2.43. The number of aryl methyl sites for hydroxylation is 2. The highest BCUT2D eigenvalue weighted by atomic mass is 16.5. The Bertz CT molecular complexity index is 806. The van der Waals surface area contributed by atoms with Crippen LogP contribution in [-0.2, 0) is 0 Å². The van der Waals surface area contributed by atoms with Crippen molar-refractivity contribution >= 4 is 11.9 Å². The zero-order chi connectivity index (χ0) is 17.0. The highest BCUT2D eigenvalue weighted by molar-refractivity contribution is 6.14. The number of carbonyl (C=O) groups is 1. The van der Waals surface area contributed by atoms with E-state index in [2.05, 4.69) is 0 Å². The maximum atomic E-state index is 12.5. The van der Waals surface area contributed by atoms with E-state index >= 15 is 0 Å². The van der Waals surface area contributed by atoms with Crippen LogP contribution in [0.5, 0.6) is 11.5 Å². The number of nitrogens with zero attached hydrogens (tertiary/aromatic N) is 1. The van der Waals surface area contributed by atoms with E-state index in [0.29, 0.717) is 28.0 Å². The van der Waals surface area contributed by atoms with Gasteiger partial charge in [0.15, 0.2) is 0 Å². The van der Waals surface area contributed by atoms with Crippen molar-refractivity contribution in [2.45, 2.75) is 13.8 Å². The Labute approximate surface area is 135 Å². The molecule has 23 heavy (non-hydrogen) atoms. The number of ether oxygens (including phenoxy) is 1. The molecule has 0 saturated carbocycles. The van der Waals surface area contributed by atoms with Crippen LogP contribution < -0.4 is 4.74 Å². The first-order valence-corrected chi connectivity index (χ1v) is 7.07. The largest absolute Gasteiger partial charge is 0.507 e. The molecule has 2 rings (SSSR count). The van der Waals surface area contributed by atoms with E-state index in [1.807, 2.05) is 6.07 Å². The van der Waals surface area contributed by atoms with E-state index in [1.54, 1.807) is 50.2 Å². The van der Waals surface area contributed by atoms with Crippen LogP contribution in [0.1, 0.15) is 27.0 Å². The van der Waals surface area contributed by atoms with Gasteiger partial charge in [-0.15, -0.1) is 0 Å². The van der Waals surface area contributed by atoms with Gasteiger partial charge in [0, 0.05) is 5.56 Å². The molecule has 2 aromatic rings. The molecule has 1 N–H and O–H groups in total. The van der Waals surface area contributed by atoms with E-state index < -0.39 is 0 Å². The number of hydrogen-bond donors (Lipinski definition) is 1. The van der Waals surface area contributed by atoms with Gasteiger partial charge in [0.2, 0.25) is 5.78 Å². The fraction of sp³-hybridized carbons (Fsp3) is 0.158. The molecule has 0 radical (unpaired) electrons. The van der Waals surface area contributed by atoms with Gasteiger partial charge in [0.25, 0.3) is 0 Å². The summed E-state index contributed by atoms with van der Waals surface area (Å²) in [4.78, 5) is 12.5. The van der Waals surface area contributed by atoms with E-state index in [1.165, 1.54) is 13.2 Å². The van der Waals surface area contributed by atoms with Gasteiger partial charge >= 0.3 is 0 Å². The average molecular weight is 307 g/mol. The molecule has 0 heterocycles. The second kappa shape index (κ2) is 6.80. The van der Waals surface area contributed by atoms with E-state index in [0.717, 1.165) is 0 Å². The maximum Gasteiger partial charge on any atom is 0.203 e. The zero-order valence-corrected chi connectivity index (χ0v) is 13.3. The highest BCUT2D eigenvalue weighted by Gasteiger charge is 2.13. The number of phenols is 1. The molecule has 0 aliphatic carbocycles. The summed E-state index contributed by atoms with van der Waals surface area (Å²) in [7, 11) is 1.52. The van der Waals surface area contributed by atoms with Crippen LogP contribution in [0.2, 0.25) is 0 Å². The molecular formula is C19H17NO3. The first-order valence-electron chi connectivity index (χ1n) is 7.07. The predicted octanol–water partition coefficient (Wildman–Crippen LogP) is 3.81. The van der Waals surface area contributed by atoms with Crippen LogP contribution in [0.15, 0.2) is 42.0 Å². The number of rotatable bonds is 4. The summed E-state index contributed by atoms with van der Waals surface area (Å²) in [6, 6.07) is 12.1. The fourth-order valence-electron chi connectivity index (χ4n) is 2.31. The molecule has 2 aromatic carbocycles. The number of benzene rings is 2. The lowest BCUT2D eigenvalue weighted by molar-refractivity contribution is 0.103. The molecule has 0 aromatic heterocycles. The Kier molecular flexibility index (Phi) is 4.82. The van der Waals surface area contributed by atoms with Crippen molar-refractivity contribution in [1.82, 2.24) is 0 Å². The first-order chi connectivity index (χ1) is 11.0. The highest BCUT2D eigenvalue weighted by Crippen LogP contribution is 2.25. The molecule has 0 spiro atoms. The fourth-order valence-corrected chi connectivity index (χ4v) is 2.31. The number of phenolic OH excluding ortho intramolecular Hbond substituents is 1. The molecule has 0 saturated heterocycles. The van der Waals surface area contributed by atoms with Gasteiger partial charge in [0.05, 0.1) is 7.11 Å². The molecule has 0 aliphatic heterocycles. The minimum atomic E-state index is -0.366. The number of nitriles is 1. The molecule has 0 unspecified atom stereocenters. The number of ketones is 1. The van der Waals surface area contributed by atoms with E-state index in [9.17, 15) is 15.2 Å². The van der Waals surface area contributed by atoms with Crippen molar-refractivity contribution in [3.63, 3.8) is 0 Å². The number of methoxy groups -OCH3 is 1. The molecular weight excluding hydrogens is 290 g/mol. The van der Waals surface area contributed by atoms with Gasteiger partial charge in [-0.25, -0.2) is 0 Å². The van der Waals surface area contributed by atoms with Crippen molar-refractivity contribution < 1.29 is 14.6 Å². The quantitative estimate of drug-likeness (QED) is 0.530. The van der Waals surface area contributed by atoms with Crippen LogP contribution in [0.25, 0.3) is 6.08 Å². The Morgan fingerprint density at radius 2 is 1.87 bits per heavy atom. The number of aromatic hydroxyl groups is 1. The summed E-state index contributed by atoms with van der Waals surface area (Å²) < 4.78 is 5.10. The topological polar surface area (TPSA) is 70.3 Å². The summed E-state index contributed by atoms with van der Waals surface area (Å²) in [5.41, 5.74) is 2.52. The second-order valence-corrected chi connectivity index (χ2v) is 5.23. The molecule has 0 amide bonds. The van der Waals surface area contributed by atoms with Crippen LogP contribution in [0.3, 0.4) is 0 Å². The van der Waals surface area contributed by atoms with E-state index in [-0.39, 0.29) is 17.1 Å². The second-order valence-electron chi connectivity index (χ2n) is 5.23. The lowest BCUT2D eigenvalue weighted by Gasteiger charge is -2.06. The van der Waals surface area contributed by atoms with Crippen LogP contribution in [-0.4, -0.2) is 18.0 Å². The summed E-state index contributed by atoms with van der Waals surface area (Å²) in [5.74, 6) is 0.416.